The predicted molar refractivity (Wildman–Crippen MR) is 52.8 cm³/mol. The Bertz CT molecular complexity index is 305. The second-order valence-corrected chi connectivity index (χ2v) is 3.77. The fourth-order valence-corrected chi connectivity index (χ4v) is 1.90. The van der Waals surface area contributed by atoms with Gasteiger partial charge in [0.1, 0.15) is 0 Å². The van der Waals surface area contributed by atoms with Crippen molar-refractivity contribution < 1.29 is 0 Å². The van der Waals surface area contributed by atoms with Gasteiger partial charge in [-0.2, -0.15) is 5.10 Å². The van der Waals surface area contributed by atoms with Crippen LogP contribution in [0.4, 0.5) is 5.69 Å². The van der Waals surface area contributed by atoms with Crippen molar-refractivity contribution in [2.45, 2.75) is 19.4 Å². The van der Waals surface area contributed by atoms with Gasteiger partial charge in [0.2, 0.25) is 0 Å². The second-order valence-electron chi connectivity index (χ2n) is 3.77. The lowest BCUT2D eigenvalue weighted by Gasteiger charge is -2.16. The first-order valence-electron chi connectivity index (χ1n) is 4.67. The lowest BCUT2D eigenvalue weighted by Crippen LogP contribution is -2.26. The van der Waals surface area contributed by atoms with Crippen molar-refractivity contribution in [1.29, 1.82) is 0 Å². The van der Waals surface area contributed by atoms with Gasteiger partial charge in [0, 0.05) is 32.4 Å². The van der Waals surface area contributed by atoms with Crippen molar-refractivity contribution in [1.82, 2.24) is 9.78 Å². The Morgan fingerprint density at radius 1 is 1.62 bits per heavy atom. The summed E-state index contributed by atoms with van der Waals surface area (Å²) in [5.74, 6) is 0. The summed E-state index contributed by atoms with van der Waals surface area (Å²) in [6.07, 6.45) is 3.15. The van der Waals surface area contributed by atoms with Crippen LogP contribution >= 0.6 is 0 Å². The zero-order valence-corrected chi connectivity index (χ0v) is 8.20. The van der Waals surface area contributed by atoms with Crippen molar-refractivity contribution in [2.75, 3.05) is 18.0 Å². The van der Waals surface area contributed by atoms with Crippen LogP contribution in [0.5, 0.6) is 0 Å². The highest BCUT2D eigenvalue weighted by Gasteiger charge is 2.21. The molecule has 1 aliphatic rings. The zero-order valence-electron chi connectivity index (χ0n) is 8.20. The molecule has 2 N–H and O–H groups in total. The lowest BCUT2D eigenvalue weighted by atomic mass is 10.3. The van der Waals surface area contributed by atoms with Crippen molar-refractivity contribution in [3.8, 4) is 0 Å². The Kier molecular flexibility index (Phi) is 2.00. The highest BCUT2D eigenvalue weighted by Crippen LogP contribution is 2.22. The van der Waals surface area contributed by atoms with Crippen LogP contribution in [0.3, 0.4) is 0 Å². The van der Waals surface area contributed by atoms with Gasteiger partial charge in [-0.25, -0.2) is 0 Å². The van der Waals surface area contributed by atoms with Crippen molar-refractivity contribution >= 4 is 5.69 Å². The Morgan fingerprint density at radius 2 is 2.38 bits per heavy atom. The topological polar surface area (TPSA) is 47.1 Å². The highest BCUT2D eigenvalue weighted by atomic mass is 15.3. The minimum Gasteiger partial charge on any atom is -0.367 e. The van der Waals surface area contributed by atoms with Crippen molar-refractivity contribution in [2.24, 2.45) is 12.8 Å². The van der Waals surface area contributed by atoms with E-state index >= 15 is 0 Å². The predicted octanol–water partition coefficient (Wildman–Crippen LogP) is 0.266. The molecule has 0 bridgehead atoms. The van der Waals surface area contributed by atoms with E-state index in [0.29, 0.717) is 6.04 Å². The average Bonchev–Trinajstić information content (AvgIpc) is 2.58. The van der Waals surface area contributed by atoms with Gasteiger partial charge >= 0.3 is 0 Å². The molecule has 0 spiro atoms. The molecule has 4 nitrogen and oxygen atoms in total. The van der Waals surface area contributed by atoms with Gasteiger partial charge in [-0.05, 0) is 13.3 Å². The van der Waals surface area contributed by atoms with E-state index in [-0.39, 0.29) is 0 Å². The molecule has 0 aliphatic carbocycles. The van der Waals surface area contributed by atoms with Gasteiger partial charge in [0.05, 0.1) is 11.4 Å². The minimum absolute atomic E-state index is 0.333. The minimum atomic E-state index is 0.333. The van der Waals surface area contributed by atoms with Crippen LogP contribution in [-0.2, 0) is 7.05 Å². The van der Waals surface area contributed by atoms with Gasteiger partial charge in [-0.3, -0.25) is 4.68 Å². The molecule has 72 valence electrons. The Morgan fingerprint density at radius 3 is 2.85 bits per heavy atom. The molecule has 2 rings (SSSR count). The molecule has 1 unspecified atom stereocenters. The monoisotopic (exact) mass is 180 g/mol. The second kappa shape index (κ2) is 3.03. The summed E-state index contributed by atoms with van der Waals surface area (Å²) in [6.45, 7) is 4.07. The Hall–Kier alpha value is -1.03. The maximum absolute atomic E-state index is 5.85. The molecule has 0 radical (unpaired) electrons. The van der Waals surface area contributed by atoms with Crippen LogP contribution in [0, 0.1) is 6.92 Å². The van der Waals surface area contributed by atoms with Crippen LogP contribution in [0.25, 0.3) is 0 Å². The molecule has 0 amide bonds. The molecular formula is C9H16N4. The van der Waals surface area contributed by atoms with E-state index in [2.05, 4.69) is 16.2 Å². The van der Waals surface area contributed by atoms with E-state index in [0.717, 1.165) is 25.2 Å². The first-order chi connectivity index (χ1) is 6.16. The number of hydrogen-bond donors (Lipinski definition) is 1. The zero-order chi connectivity index (χ0) is 9.42. The fourth-order valence-electron chi connectivity index (χ4n) is 1.90. The maximum Gasteiger partial charge on any atom is 0.0827 e. The van der Waals surface area contributed by atoms with Crippen molar-refractivity contribution in [3.05, 3.63) is 11.9 Å². The van der Waals surface area contributed by atoms with Gasteiger partial charge in [0.15, 0.2) is 0 Å². The lowest BCUT2D eigenvalue weighted by molar-refractivity contribution is 0.751. The summed E-state index contributed by atoms with van der Waals surface area (Å²) in [7, 11) is 1.95. The van der Waals surface area contributed by atoms with Gasteiger partial charge in [0.25, 0.3) is 0 Å². The molecule has 1 aromatic rings. The Balaban J connectivity index is 2.20. The quantitative estimate of drug-likeness (QED) is 0.674. The van der Waals surface area contributed by atoms with E-state index in [1.807, 2.05) is 18.7 Å². The third kappa shape index (κ3) is 1.54. The highest BCUT2D eigenvalue weighted by molar-refractivity contribution is 5.49. The SMILES string of the molecule is Cc1nn(C)cc1N1CCC(N)C1. The van der Waals surface area contributed by atoms with Crippen LogP contribution in [-0.4, -0.2) is 28.9 Å². The van der Waals surface area contributed by atoms with E-state index in [1.54, 1.807) is 0 Å². The molecule has 1 atom stereocenters. The van der Waals surface area contributed by atoms with Gasteiger partial charge in [-0.1, -0.05) is 0 Å². The van der Waals surface area contributed by atoms with E-state index < -0.39 is 0 Å². The first-order valence-corrected chi connectivity index (χ1v) is 4.67. The van der Waals surface area contributed by atoms with Crippen LogP contribution in [0.2, 0.25) is 0 Å². The number of aryl methyl sites for hydroxylation is 2. The van der Waals surface area contributed by atoms with Crippen molar-refractivity contribution in [3.63, 3.8) is 0 Å². The molecule has 13 heavy (non-hydrogen) atoms. The van der Waals surface area contributed by atoms with Crippen LogP contribution < -0.4 is 10.6 Å². The van der Waals surface area contributed by atoms with Crippen LogP contribution in [0.1, 0.15) is 12.1 Å². The first kappa shape index (κ1) is 8.56. The molecule has 2 heterocycles. The van der Waals surface area contributed by atoms with E-state index in [9.17, 15) is 0 Å². The number of aromatic nitrogens is 2. The molecule has 4 heteroatoms. The molecule has 1 fully saturated rings. The summed E-state index contributed by atoms with van der Waals surface area (Å²) in [4.78, 5) is 2.31. The summed E-state index contributed by atoms with van der Waals surface area (Å²) < 4.78 is 1.86. The molecule has 1 saturated heterocycles. The molecule has 1 aliphatic heterocycles. The summed E-state index contributed by atoms with van der Waals surface area (Å²) >= 11 is 0. The number of nitrogens with zero attached hydrogens (tertiary/aromatic N) is 3. The third-order valence-corrected chi connectivity index (χ3v) is 2.55. The van der Waals surface area contributed by atoms with Crippen LogP contribution in [0.15, 0.2) is 6.20 Å². The fraction of sp³-hybridized carbons (Fsp3) is 0.667. The summed E-state index contributed by atoms with van der Waals surface area (Å²) in [5.41, 5.74) is 8.18. The number of hydrogen-bond acceptors (Lipinski definition) is 3. The largest absolute Gasteiger partial charge is 0.367 e. The smallest absolute Gasteiger partial charge is 0.0827 e. The van der Waals surface area contributed by atoms with E-state index in [1.165, 1.54) is 5.69 Å². The normalized spacial score (nSPS) is 22.7. The average molecular weight is 180 g/mol. The third-order valence-electron chi connectivity index (χ3n) is 2.55. The molecule has 0 saturated carbocycles. The number of nitrogens with two attached hydrogens (primary N) is 1. The number of anilines is 1. The molecule has 0 aromatic carbocycles. The standard InChI is InChI=1S/C9H16N4/c1-7-9(6-12(2)11-7)13-4-3-8(10)5-13/h6,8H,3-5,10H2,1-2H3. The van der Waals surface area contributed by atoms with Gasteiger partial charge in [-0.15, -0.1) is 0 Å². The summed E-state index contributed by atoms with van der Waals surface area (Å²) in [6, 6.07) is 0.333. The molecule has 1 aromatic heterocycles. The van der Waals surface area contributed by atoms with E-state index in [4.69, 9.17) is 5.73 Å². The van der Waals surface area contributed by atoms with Gasteiger partial charge < -0.3 is 10.6 Å². The maximum atomic E-state index is 5.85. The Labute approximate surface area is 78.3 Å². The summed E-state index contributed by atoms with van der Waals surface area (Å²) in [5, 5.41) is 4.31. The molecular weight excluding hydrogens is 164 g/mol. The number of rotatable bonds is 1.